The Hall–Kier alpha value is -1.09. The van der Waals surface area contributed by atoms with Crippen molar-refractivity contribution in [1.29, 1.82) is 0 Å². The summed E-state index contributed by atoms with van der Waals surface area (Å²) in [5.74, 6) is 0.696. The minimum atomic E-state index is -2.68. The standard InChI is InChI=1S/C8H8.C6H14O2S/c1-2-8-6-4-3-5-7-8;1-3-5-9(7,8)6-4-2/h2-7H,1H2;3-6H2,1-2H3. The largest absolute Gasteiger partial charge is 0.229 e. The normalized spacial score (nSPS) is 10.2. The molecule has 0 aliphatic carbocycles. The smallest absolute Gasteiger partial charge is 0.150 e. The van der Waals surface area contributed by atoms with E-state index in [0.29, 0.717) is 11.5 Å². The molecule has 0 fully saturated rings. The molecule has 0 unspecified atom stereocenters. The monoisotopic (exact) mass is 254 g/mol. The highest BCUT2D eigenvalue weighted by Crippen LogP contribution is 1.97. The Labute approximate surface area is 105 Å². The van der Waals surface area contributed by atoms with E-state index < -0.39 is 9.84 Å². The highest BCUT2D eigenvalue weighted by molar-refractivity contribution is 7.91. The van der Waals surface area contributed by atoms with Crippen molar-refractivity contribution in [3.63, 3.8) is 0 Å². The summed E-state index contributed by atoms with van der Waals surface area (Å²) in [5, 5.41) is 0. The summed E-state index contributed by atoms with van der Waals surface area (Å²) < 4.78 is 21.7. The van der Waals surface area contributed by atoms with Crippen LogP contribution >= 0.6 is 0 Å². The minimum Gasteiger partial charge on any atom is -0.229 e. The molecule has 0 radical (unpaired) electrons. The van der Waals surface area contributed by atoms with Gasteiger partial charge >= 0.3 is 0 Å². The van der Waals surface area contributed by atoms with Gasteiger partial charge in [0, 0.05) is 11.5 Å². The van der Waals surface area contributed by atoms with Gasteiger partial charge < -0.3 is 0 Å². The fourth-order valence-electron chi connectivity index (χ4n) is 1.31. The van der Waals surface area contributed by atoms with Crippen LogP contribution in [0.3, 0.4) is 0 Å². The average Bonchev–Trinajstić information content (AvgIpc) is 2.31. The first-order valence-electron chi connectivity index (χ1n) is 5.93. The number of sulfone groups is 1. The lowest BCUT2D eigenvalue weighted by atomic mass is 10.2. The summed E-state index contributed by atoms with van der Waals surface area (Å²) in [6.07, 6.45) is 3.31. The topological polar surface area (TPSA) is 34.1 Å². The van der Waals surface area contributed by atoms with E-state index in [1.807, 2.05) is 50.3 Å². The first kappa shape index (κ1) is 15.9. The molecule has 96 valence electrons. The van der Waals surface area contributed by atoms with Gasteiger partial charge in [-0.05, 0) is 18.4 Å². The third kappa shape index (κ3) is 8.69. The minimum absolute atomic E-state index is 0.348. The molecule has 0 N–H and O–H groups in total. The SMILES string of the molecule is C=Cc1ccccc1.CCCS(=O)(=O)CCC. The molecular weight excluding hydrogens is 232 g/mol. The number of rotatable bonds is 5. The fraction of sp³-hybridized carbons (Fsp3) is 0.429. The number of hydrogen-bond donors (Lipinski definition) is 0. The van der Waals surface area contributed by atoms with E-state index in [-0.39, 0.29) is 0 Å². The molecule has 0 heterocycles. The van der Waals surface area contributed by atoms with Crippen molar-refractivity contribution < 1.29 is 8.42 Å². The van der Waals surface area contributed by atoms with E-state index in [9.17, 15) is 8.42 Å². The van der Waals surface area contributed by atoms with Gasteiger partial charge in [0.2, 0.25) is 0 Å². The molecule has 0 aliphatic heterocycles. The Morgan fingerprint density at radius 3 is 1.82 bits per heavy atom. The van der Waals surface area contributed by atoms with Crippen LogP contribution in [0.25, 0.3) is 6.08 Å². The summed E-state index contributed by atoms with van der Waals surface area (Å²) >= 11 is 0. The lowest BCUT2D eigenvalue weighted by Gasteiger charge is -1.96. The first-order valence-corrected chi connectivity index (χ1v) is 7.75. The maximum Gasteiger partial charge on any atom is 0.150 e. The van der Waals surface area contributed by atoms with Gasteiger partial charge in [0.05, 0.1) is 0 Å². The molecule has 2 nitrogen and oxygen atoms in total. The first-order chi connectivity index (χ1) is 8.05. The Kier molecular flexibility index (Phi) is 8.42. The summed E-state index contributed by atoms with van der Waals surface area (Å²) in [5.41, 5.74) is 1.17. The van der Waals surface area contributed by atoms with Crippen molar-refractivity contribution in [1.82, 2.24) is 0 Å². The van der Waals surface area contributed by atoms with Crippen molar-refractivity contribution in [2.75, 3.05) is 11.5 Å². The van der Waals surface area contributed by atoms with E-state index in [1.54, 1.807) is 0 Å². The molecule has 0 saturated heterocycles. The Morgan fingerprint density at radius 2 is 1.53 bits per heavy atom. The van der Waals surface area contributed by atoms with Gasteiger partial charge in [0.25, 0.3) is 0 Å². The van der Waals surface area contributed by atoms with Crippen LogP contribution < -0.4 is 0 Å². The average molecular weight is 254 g/mol. The molecule has 0 amide bonds. The van der Waals surface area contributed by atoms with Crippen LogP contribution in [0, 0.1) is 0 Å². The zero-order valence-corrected chi connectivity index (χ0v) is 11.5. The summed E-state index contributed by atoms with van der Waals surface area (Å²) in [4.78, 5) is 0. The van der Waals surface area contributed by atoms with Crippen LogP contribution in [0.4, 0.5) is 0 Å². The molecule has 0 aromatic heterocycles. The summed E-state index contributed by atoms with van der Waals surface area (Å²) in [6.45, 7) is 7.40. The number of hydrogen-bond acceptors (Lipinski definition) is 2. The van der Waals surface area contributed by atoms with E-state index in [4.69, 9.17) is 0 Å². The Morgan fingerprint density at radius 1 is 1.06 bits per heavy atom. The summed E-state index contributed by atoms with van der Waals surface area (Å²) in [7, 11) is -2.68. The third-order valence-corrected chi connectivity index (χ3v) is 4.13. The Bertz CT molecular complexity index is 381. The van der Waals surface area contributed by atoms with Crippen LogP contribution in [0.15, 0.2) is 36.9 Å². The second-order valence-electron chi connectivity index (χ2n) is 3.77. The number of benzene rings is 1. The maximum atomic E-state index is 10.8. The highest BCUT2D eigenvalue weighted by atomic mass is 32.2. The molecule has 17 heavy (non-hydrogen) atoms. The van der Waals surface area contributed by atoms with Crippen molar-refractivity contribution in [3.05, 3.63) is 42.5 Å². The quantitative estimate of drug-likeness (QED) is 0.805. The van der Waals surface area contributed by atoms with Gasteiger partial charge in [-0.25, -0.2) is 8.42 Å². The van der Waals surface area contributed by atoms with Crippen LogP contribution in [-0.2, 0) is 9.84 Å². The molecule has 1 rings (SSSR count). The molecular formula is C14H22O2S. The predicted octanol–water partition coefficient (Wildman–Crippen LogP) is 3.55. The Balaban J connectivity index is 0.000000302. The molecule has 0 spiro atoms. The molecule has 3 heteroatoms. The molecule has 0 saturated carbocycles. The molecule has 1 aromatic rings. The van der Waals surface area contributed by atoms with E-state index in [0.717, 1.165) is 12.8 Å². The third-order valence-electron chi connectivity index (χ3n) is 2.07. The van der Waals surface area contributed by atoms with Crippen molar-refractivity contribution >= 4 is 15.9 Å². The van der Waals surface area contributed by atoms with Crippen molar-refractivity contribution in [3.8, 4) is 0 Å². The van der Waals surface area contributed by atoms with E-state index >= 15 is 0 Å². The molecule has 0 bridgehead atoms. The molecule has 0 atom stereocenters. The van der Waals surface area contributed by atoms with Gasteiger partial charge in [0.15, 0.2) is 0 Å². The van der Waals surface area contributed by atoms with Crippen LogP contribution in [0.1, 0.15) is 32.3 Å². The van der Waals surface area contributed by atoms with Gasteiger partial charge in [-0.3, -0.25) is 0 Å². The van der Waals surface area contributed by atoms with Crippen LogP contribution in [-0.4, -0.2) is 19.9 Å². The fourth-order valence-corrected chi connectivity index (χ4v) is 2.76. The van der Waals surface area contributed by atoms with Gasteiger partial charge in [-0.2, -0.15) is 0 Å². The second-order valence-corrected chi connectivity index (χ2v) is 6.07. The lowest BCUT2D eigenvalue weighted by molar-refractivity contribution is 0.593. The van der Waals surface area contributed by atoms with Crippen LogP contribution in [0.5, 0.6) is 0 Å². The van der Waals surface area contributed by atoms with Crippen LogP contribution in [0.2, 0.25) is 0 Å². The van der Waals surface area contributed by atoms with E-state index in [2.05, 4.69) is 6.58 Å². The molecule has 0 aliphatic rings. The van der Waals surface area contributed by atoms with Crippen molar-refractivity contribution in [2.24, 2.45) is 0 Å². The maximum absolute atomic E-state index is 10.8. The second kappa shape index (κ2) is 8.99. The summed E-state index contributed by atoms with van der Waals surface area (Å²) in [6, 6.07) is 10.0. The zero-order chi connectivity index (χ0) is 13.1. The van der Waals surface area contributed by atoms with Gasteiger partial charge in [0.1, 0.15) is 9.84 Å². The van der Waals surface area contributed by atoms with E-state index in [1.165, 1.54) is 5.56 Å². The highest BCUT2D eigenvalue weighted by Gasteiger charge is 2.05. The van der Waals surface area contributed by atoms with Gasteiger partial charge in [-0.15, -0.1) is 0 Å². The van der Waals surface area contributed by atoms with Crippen molar-refractivity contribution in [2.45, 2.75) is 26.7 Å². The zero-order valence-electron chi connectivity index (χ0n) is 10.7. The predicted molar refractivity (Wildman–Crippen MR) is 75.8 cm³/mol. The molecule has 1 aromatic carbocycles. The lowest BCUT2D eigenvalue weighted by Crippen LogP contribution is -2.08. The van der Waals surface area contributed by atoms with Gasteiger partial charge in [-0.1, -0.05) is 56.8 Å².